The summed E-state index contributed by atoms with van der Waals surface area (Å²) in [7, 11) is 0. The summed E-state index contributed by atoms with van der Waals surface area (Å²) < 4.78 is 7.88. The molecule has 0 saturated heterocycles. The van der Waals surface area contributed by atoms with Crippen molar-refractivity contribution >= 4 is 35.0 Å². The Morgan fingerprint density at radius 2 is 1.91 bits per heavy atom. The first-order valence-electron chi connectivity index (χ1n) is 11.0. The first-order valence-corrected chi connectivity index (χ1v) is 12.3. The number of carbonyl (C=O) groups is 1. The number of H-pyrrole nitrogens is 1. The first-order chi connectivity index (χ1) is 16.5. The van der Waals surface area contributed by atoms with Gasteiger partial charge in [-0.3, -0.25) is 14.6 Å². The first kappa shape index (κ1) is 22.4. The van der Waals surface area contributed by atoms with Crippen molar-refractivity contribution in [2.75, 3.05) is 10.7 Å². The standard InChI is InChI=1S/C25H21ClN4O3S/c1-3-21(31)29-18-8-6-5-7-17(18)22-23(32)27-25(34-4-2)28-30(22)24(29)20-14-13-19(33-20)15-9-11-16(26)12-10-15/h5-14,24H,3-4H2,1-2H3/p+1. The van der Waals surface area contributed by atoms with Crippen LogP contribution in [0.25, 0.3) is 22.6 Å². The van der Waals surface area contributed by atoms with Crippen molar-refractivity contribution in [1.82, 2.24) is 10.1 Å². The third-order valence-electron chi connectivity index (χ3n) is 5.62. The molecule has 3 heterocycles. The fourth-order valence-electron chi connectivity index (χ4n) is 4.13. The summed E-state index contributed by atoms with van der Waals surface area (Å²) in [4.78, 5) is 31.0. The predicted molar refractivity (Wildman–Crippen MR) is 132 cm³/mol. The van der Waals surface area contributed by atoms with Crippen LogP contribution in [0, 0.1) is 0 Å². The van der Waals surface area contributed by atoms with Gasteiger partial charge in [-0.2, -0.15) is 0 Å². The zero-order chi connectivity index (χ0) is 23.8. The van der Waals surface area contributed by atoms with Gasteiger partial charge in [-0.1, -0.05) is 49.3 Å². The Morgan fingerprint density at radius 3 is 2.65 bits per heavy atom. The fourth-order valence-corrected chi connectivity index (χ4v) is 4.84. The number of hydrogen-bond acceptors (Lipinski definition) is 5. The maximum atomic E-state index is 13.3. The average Bonchev–Trinajstić information content (AvgIpc) is 3.33. The zero-order valence-electron chi connectivity index (χ0n) is 18.6. The molecule has 5 rings (SSSR count). The quantitative estimate of drug-likeness (QED) is 0.310. The molecule has 9 heteroatoms. The highest BCUT2D eigenvalue weighted by atomic mass is 35.5. The number of amides is 1. The van der Waals surface area contributed by atoms with Gasteiger partial charge in [-0.05, 0) is 59.0 Å². The fraction of sp³-hybridized carbons (Fsp3) is 0.200. The van der Waals surface area contributed by atoms with Crippen LogP contribution in [0.5, 0.6) is 0 Å². The maximum Gasteiger partial charge on any atom is 0.325 e. The molecular formula is C25H22ClN4O3S+. The van der Waals surface area contributed by atoms with Crippen LogP contribution in [0.1, 0.15) is 32.2 Å². The minimum absolute atomic E-state index is 0.105. The van der Waals surface area contributed by atoms with Crippen molar-refractivity contribution in [3.8, 4) is 22.6 Å². The SMILES string of the molecule is CCSc1n[n+]2c(c(=O)[nH]1)-c1ccccc1N(C(=O)CC)C2c1ccc(-c2ccc(Cl)cc2)o1. The normalized spacial score (nSPS) is 14.6. The molecule has 1 aliphatic heterocycles. The molecule has 2 aromatic carbocycles. The van der Waals surface area contributed by atoms with E-state index in [0.717, 1.165) is 11.3 Å². The van der Waals surface area contributed by atoms with E-state index < -0.39 is 6.17 Å². The summed E-state index contributed by atoms with van der Waals surface area (Å²) >= 11 is 7.46. The molecule has 0 spiro atoms. The molecule has 2 aromatic heterocycles. The van der Waals surface area contributed by atoms with Gasteiger partial charge in [0, 0.05) is 22.1 Å². The van der Waals surface area contributed by atoms with Crippen LogP contribution in [0.3, 0.4) is 0 Å². The van der Waals surface area contributed by atoms with E-state index in [1.165, 1.54) is 11.8 Å². The zero-order valence-corrected chi connectivity index (χ0v) is 20.2. The van der Waals surface area contributed by atoms with Crippen LogP contribution >= 0.6 is 23.4 Å². The highest BCUT2D eigenvalue weighted by Gasteiger charge is 2.47. The number of nitrogens with one attached hydrogen (secondary N) is 1. The molecule has 1 aliphatic rings. The van der Waals surface area contributed by atoms with Gasteiger partial charge in [0.15, 0.2) is 5.76 Å². The monoisotopic (exact) mass is 493 g/mol. The van der Waals surface area contributed by atoms with Crippen LogP contribution in [-0.2, 0) is 4.79 Å². The van der Waals surface area contributed by atoms with Crippen LogP contribution in [-0.4, -0.2) is 21.7 Å². The number of aromatic amines is 1. The Balaban J connectivity index is 1.74. The summed E-state index contributed by atoms with van der Waals surface area (Å²) in [6, 6.07) is 18.4. The second-order valence-corrected chi connectivity index (χ2v) is 9.39. The van der Waals surface area contributed by atoms with Gasteiger partial charge in [-0.15, -0.1) is 0 Å². The number of nitrogens with zero attached hydrogens (tertiary/aromatic N) is 3. The van der Waals surface area contributed by atoms with Gasteiger partial charge in [0.1, 0.15) is 5.76 Å². The van der Waals surface area contributed by atoms with Gasteiger partial charge in [0.05, 0.1) is 11.3 Å². The highest BCUT2D eigenvalue weighted by Crippen LogP contribution is 2.39. The molecule has 34 heavy (non-hydrogen) atoms. The molecule has 1 atom stereocenters. The van der Waals surface area contributed by atoms with E-state index in [0.29, 0.717) is 38.6 Å². The van der Waals surface area contributed by atoms with E-state index in [2.05, 4.69) is 4.98 Å². The van der Waals surface area contributed by atoms with E-state index in [1.807, 2.05) is 62.4 Å². The van der Waals surface area contributed by atoms with E-state index in [1.54, 1.807) is 21.7 Å². The van der Waals surface area contributed by atoms with Crippen molar-refractivity contribution in [2.45, 2.75) is 31.6 Å². The second-order valence-electron chi connectivity index (χ2n) is 7.70. The second kappa shape index (κ2) is 9.12. The lowest BCUT2D eigenvalue weighted by molar-refractivity contribution is -0.764. The Bertz CT molecular complexity index is 1430. The van der Waals surface area contributed by atoms with Gasteiger partial charge in [0.25, 0.3) is 0 Å². The lowest BCUT2D eigenvalue weighted by Gasteiger charge is -2.30. The molecule has 0 saturated carbocycles. The molecule has 0 fully saturated rings. The van der Waals surface area contributed by atoms with E-state index in [9.17, 15) is 9.59 Å². The molecule has 0 bridgehead atoms. The summed E-state index contributed by atoms with van der Waals surface area (Å²) in [5.74, 6) is 1.76. The largest absolute Gasteiger partial charge is 0.452 e. The number of fused-ring (bicyclic) bond motifs is 3. The molecule has 7 nitrogen and oxygen atoms in total. The minimum Gasteiger partial charge on any atom is -0.452 e. The van der Waals surface area contributed by atoms with Gasteiger partial charge < -0.3 is 4.42 Å². The van der Waals surface area contributed by atoms with E-state index in [-0.39, 0.29) is 17.9 Å². The van der Waals surface area contributed by atoms with Crippen LogP contribution < -0.4 is 15.1 Å². The molecule has 1 N–H and O–H groups in total. The van der Waals surface area contributed by atoms with Crippen molar-refractivity contribution in [1.29, 1.82) is 0 Å². The Hall–Kier alpha value is -3.36. The average molecular weight is 494 g/mol. The van der Waals surface area contributed by atoms with Crippen molar-refractivity contribution in [3.05, 3.63) is 81.8 Å². The molecule has 0 aliphatic carbocycles. The number of anilines is 1. The number of rotatable bonds is 5. The number of aromatic nitrogens is 3. The van der Waals surface area contributed by atoms with E-state index in [4.69, 9.17) is 21.1 Å². The third-order valence-corrected chi connectivity index (χ3v) is 6.62. The third kappa shape index (κ3) is 3.82. The molecule has 172 valence electrons. The number of thioether (sulfide) groups is 1. The summed E-state index contributed by atoms with van der Waals surface area (Å²) in [6.45, 7) is 3.80. The number of benzene rings is 2. The minimum atomic E-state index is -0.753. The van der Waals surface area contributed by atoms with Crippen LogP contribution in [0.2, 0.25) is 5.02 Å². The van der Waals surface area contributed by atoms with Crippen molar-refractivity contribution in [2.24, 2.45) is 0 Å². The topological polar surface area (TPSA) is 83.1 Å². The lowest BCUT2D eigenvalue weighted by atomic mass is 10.0. The lowest BCUT2D eigenvalue weighted by Crippen LogP contribution is -2.60. The molecule has 0 radical (unpaired) electrons. The summed E-state index contributed by atoms with van der Waals surface area (Å²) in [5, 5.41) is 5.85. The maximum absolute atomic E-state index is 13.3. The number of para-hydroxylation sites is 1. The van der Waals surface area contributed by atoms with Gasteiger partial charge in [0.2, 0.25) is 11.1 Å². The Kier molecular flexibility index (Phi) is 6.02. The van der Waals surface area contributed by atoms with Gasteiger partial charge >= 0.3 is 17.4 Å². The molecular weight excluding hydrogens is 472 g/mol. The predicted octanol–water partition coefficient (Wildman–Crippen LogP) is 5.05. The van der Waals surface area contributed by atoms with Crippen LogP contribution in [0.15, 0.2) is 75.0 Å². The van der Waals surface area contributed by atoms with E-state index >= 15 is 0 Å². The van der Waals surface area contributed by atoms with Gasteiger partial charge in [-0.25, -0.2) is 4.90 Å². The van der Waals surface area contributed by atoms with Crippen molar-refractivity contribution < 1.29 is 13.9 Å². The van der Waals surface area contributed by atoms with Crippen LogP contribution in [0.4, 0.5) is 5.69 Å². The Labute approximate surface area is 205 Å². The number of hydrogen-bond donors (Lipinski definition) is 1. The number of halogens is 1. The number of furan rings is 1. The van der Waals surface area contributed by atoms with Crippen molar-refractivity contribution in [3.63, 3.8) is 0 Å². The Morgan fingerprint density at radius 1 is 1.15 bits per heavy atom. The summed E-state index contributed by atoms with van der Waals surface area (Å²) in [5.41, 5.74) is 2.26. The summed E-state index contributed by atoms with van der Waals surface area (Å²) in [6.07, 6.45) is -0.470. The molecule has 1 unspecified atom stereocenters. The molecule has 1 amide bonds. The molecule has 4 aromatic rings. The number of carbonyl (C=O) groups excluding carboxylic acids is 1. The highest BCUT2D eigenvalue weighted by molar-refractivity contribution is 7.99. The smallest absolute Gasteiger partial charge is 0.325 e.